The molecule has 102 valence electrons. The van der Waals surface area contributed by atoms with Crippen LogP contribution in [0.25, 0.3) is 10.9 Å². The lowest BCUT2D eigenvalue weighted by Gasteiger charge is -2.19. The van der Waals surface area contributed by atoms with Gasteiger partial charge in [-0.3, -0.25) is 0 Å². The third kappa shape index (κ3) is 2.61. The lowest BCUT2D eigenvalue weighted by molar-refractivity contribution is 1.14. The summed E-state index contributed by atoms with van der Waals surface area (Å²) in [4.78, 5) is 6.85. The van der Waals surface area contributed by atoms with Crippen molar-refractivity contribution >= 4 is 34.8 Å². The zero-order valence-corrected chi connectivity index (χ0v) is 12.4. The van der Waals surface area contributed by atoms with Crippen molar-refractivity contribution in [2.24, 2.45) is 0 Å². The van der Waals surface area contributed by atoms with Crippen LogP contribution in [0.1, 0.15) is 5.56 Å². The molecule has 0 amide bonds. The third-order valence-electron chi connectivity index (χ3n) is 3.40. The van der Waals surface area contributed by atoms with Crippen molar-refractivity contribution in [3.63, 3.8) is 0 Å². The molecule has 0 saturated heterocycles. The first kappa shape index (κ1) is 14.4. The third-order valence-corrected chi connectivity index (χ3v) is 3.40. The van der Waals surface area contributed by atoms with Gasteiger partial charge in [0.05, 0.1) is 5.52 Å². The zero-order valence-electron chi connectivity index (χ0n) is 11.6. The SMILES string of the molecule is Cc1cc(N(C)c2ccccc2)nc2ccccc12.Cl. The molecule has 0 unspecified atom stereocenters. The van der Waals surface area contributed by atoms with Gasteiger partial charge >= 0.3 is 0 Å². The number of aryl methyl sites for hydroxylation is 1. The molecule has 1 aromatic heterocycles. The number of aromatic nitrogens is 1. The molecule has 0 saturated carbocycles. The Morgan fingerprint density at radius 2 is 1.55 bits per heavy atom. The van der Waals surface area contributed by atoms with Gasteiger partial charge < -0.3 is 4.90 Å². The maximum atomic E-state index is 4.74. The Balaban J connectivity index is 0.00000147. The average molecular weight is 285 g/mol. The van der Waals surface area contributed by atoms with Crippen LogP contribution >= 0.6 is 12.4 Å². The molecule has 0 aliphatic rings. The number of rotatable bonds is 2. The molecule has 0 aliphatic carbocycles. The van der Waals surface area contributed by atoms with Crippen LogP contribution in [-0.2, 0) is 0 Å². The number of nitrogens with zero attached hydrogens (tertiary/aromatic N) is 2. The van der Waals surface area contributed by atoms with Crippen LogP contribution in [0, 0.1) is 6.92 Å². The summed E-state index contributed by atoms with van der Waals surface area (Å²) in [5.74, 6) is 0.974. The van der Waals surface area contributed by atoms with Gasteiger partial charge in [-0.15, -0.1) is 12.4 Å². The van der Waals surface area contributed by atoms with E-state index in [9.17, 15) is 0 Å². The van der Waals surface area contributed by atoms with Crippen molar-refractivity contribution < 1.29 is 0 Å². The van der Waals surface area contributed by atoms with Gasteiger partial charge in [-0.25, -0.2) is 4.98 Å². The van der Waals surface area contributed by atoms with Crippen LogP contribution in [0.3, 0.4) is 0 Å². The van der Waals surface area contributed by atoms with Crippen LogP contribution < -0.4 is 4.90 Å². The first-order chi connectivity index (χ1) is 9.25. The zero-order chi connectivity index (χ0) is 13.2. The molecular weight excluding hydrogens is 268 g/mol. The molecule has 2 nitrogen and oxygen atoms in total. The Bertz CT molecular complexity index is 711. The van der Waals surface area contributed by atoms with E-state index >= 15 is 0 Å². The summed E-state index contributed by atoms with van der Waals surface area (Å²) in [5.41, 5.74) is 3.44. The number of fused-ring (bicyclic) bond motifs is 1. The topological polar surface area (TPSA) is 16.1 Å². The predicted molar refractivity (Wildman–Crippen MR) is 88.2 cm³/mol. The van der Waals surface area contributed by atoms with Gasteiger partial charge in [0.15, 0.2) is 0 Å². The molecule has 3 rings (SSSR count). The van der Waals surface area contributed by atoms with E-state index < -0.39 is 0 Å². The molecule has 0 aliphatic heterocycles. The van der Waals surface area contributed by atoms with Crippen LogP contribution in [0.2, 0.25) is 0 Å². The molecule has 0 N–H and O–H groups in total. The molecule has 3 heteroatoms. The van der Waals surface area contributed by atoms with Gasteiger partial charge in [0.25, 0.3) is 0 Å². The molecule has 3 aromatic rings. The quantitative estimate of drug-likeness (QED) is 0.676. The van der Waals surface area contributed by atoms with Crippen molar-refractivity contribution in [1.82, 2.24) is 4.98 Å². The van der Waals surface area contributed by atoms with Crippen molar-refractivity contribution in [2.75, 3.05) is 11.9 Å². The highest BCUT2D eigenvalue weighted by Gasteiger charge is 2.07. The van der Waals surface area contributed by atoms with E-state index in [1.807, 2.05) is 31.3 Å². The maximum absolute atomic E-state index is 4.74. The Hall–Kier alpha value is -2.06. The Kier molecular flexibility index (Phi) is 4.26. The fourth-order valence-corrected chi connectivity index (χ4v) is 2.29. The van der Waals surface area contributed by atoms with E-state index in [4.69, 9.17) is 4.98 Å². The number of pyridine rings is 1. The number of hydrogen-bond donors (Lipinski definition) is 0. The van der Waals surface area contributed by atoms with E-state index in [1.165, 1.54) is 10.9 Å². The molecule has 0 bridgehead atoms. The number of anilines is 2. The average Bonchev–Trinajstić information content (AvgIpc) is 2.47. The summed E-state index contributed by atoms with van der Waals surface area (Å²) in [6, 6.07) is 20.7. The molecule has 0 fully saturated rings. The van der Waals surface area contributed by atoms with Gasteiger partial charge in [0, 0.05) is 18.1 Å². The minimum absolute atomic E-state index is 0. The van der Waals surface area contributed by atoms with E-state index in [0.717, 1.165) is 17.0 Å². The smallest absolute Gasteiger partial charge is 0.133 e. The standard InChI is InChI=1S/C17H16N2.ClH/c1-13-12-17(18-16-11-7-6-10-15(13)16)19(2)14-8-4-3-5-9-14;/h3-12H,1-2H3;1H. The fraction of sp³-hybridized carbons (Fsp3) is 0.118. The highest BCUT2D eigenvalue weighted by atomic mass is 35.5. The summed E-state index contributed by atoms with van der Waals surface area (Å²) >= 11 is 0. The van der Waals surface area contributed by atoms with Crippen molar-refractivity contribution in [3.8, 4) is 0 Å². The molecule has 0 spiro atoms. The van der Waals surface area contributed by atoms with Crippen LogP contribution in [-0.4, -0.2) is 12.0 Å². The fourth-order valence-electron chi connectivity index (χ4n) is 2.29. The van der Waals surface area contributed by atoms with Gasteiger partial charge in [0.2, 0.25) is 0 Å². The molecular formula is C17H17ClN2. The van der Waals surface area contributed by atoms with Crippen LogP contribution in [0.15, 0.2) is 60.7 Å². The summed E-state index contributed by atoms with van der Waals surface area (Å²) in [6.07, 6.45) is 0. The molecule has 2 aromatic carbocycles. The second kappa shape index (κ2) is 5.93. The van der Waals surface area contributed by atoms with E-state index in [2.05, 4.69) is 48.2 Å². The Morgan fingerprint density at radius 3 is 2.30 bits per heavy atom. The minimum Gasteiger partial charge on any atom is -0.329 e. The highest BCUT2D eigenvalue weighted by molar-refractivity contribution is 5.85. The maximum Gasteiger partial charge on any atom is 0.133 e. The van der Waals surface area contributed by atoms with Gasteiger partial charge in [-0.1, -0.05) is 36.4 Å². The highest BCUT2D eigenvalue weighted by Crippen LogP contribution is 2.26. The first-order valence-corrected chi connectivity index (χ1v) is 6.41. The minimum atomic E-state index is 0. The normalized spacial score (nSPS) is 10.1. The number of hydrogen-bond acceptors (Lipinski definition) is 2. The molecule has 20 heavy (non-hydrogen) atoms. The summed E-state index contributed by atoms with van der Waals surface area (Å²) in [6.45, 7) is 2.13. The van der Waals surface area contributed by atoms with Gasteiger partial charge in [0.1, 0.15) is 5.82 Å². The second-order valence-corrected chi connectivity index (χ2v) is 4.71. The summed E-state index contributed by atoms with van der Waals surface area (Å²) < 4.78 is 0. The van der Waals surface area contributed by atoms with Crippen LogP contribution in [0.5, 0.6) is 0 Å². The number of halogens is 1. The van der Waals surface area contributed by atoms with Gasteiger partial charge in [-0.05, 0) is 36.8 Å². The van der Waals surface area contributed by atoms with Crippen molar-refractivity contribution in [3.05, 3.63) is 66.2 Å². The Morgan fingerprint density at radius 1 is 0.900 bits per heavy atom. The second-order valence-electron chi connectivity index (χ2n) is 4.71. The summed E-state index contributed by atoms with van der Waals surface area (Å²) in [5, 5.41) is 1.22. The van der Waals surface area contributed by atoms with E-state index in [1.54, 1.807) is 0 Å². The summed E-state index contributed by atoms with van der Waals surface area (Å²) in [7, 11) is 2.05. The molecule has 1 heterocycles. The van der Waals surface area contributed by atoms with Gasteiger partial charge in [-0.2, -0.15) is 0 Å². The van der Waals surface area contributed by atoms with Crippen molar-refractivity contribution in [2.45, 2.75) is 6.92 Å². The first-order valence-electron chi connectivity index (χ1n) is 6.41. The number of benzene rings is 2. The van der Waals surface area contributed by atoms with E-state index in [0.29, 0.717) is 0 Å². The largest absolute Gasteiger partial charge is 0.329 e. The Labute approximate surface area is 125 Å². The number of para-hydroxylation sites is 2. The van der Waals surface area contributed by atoms with Crippen molar-refractivity contribution in [1.29, 1.82) is 0 Å². The lowest BCUT2D eigenvalue weighted by atomic mass is 10.1. The van der Waals surface area contributed by atoms with E-state index in [-0.39, 0.29) is 12.4 Å². The molecule has 0 radical (unpaired) electrons. The lowest BCUT2D eigenvalue weighted by Crippen LogP contribution is -2.11. The molecule has 0 atom stereocenters. The predicted octanol–water partition coefficient (Wildman–Crippen LogP) is 4.73. The monoisotopic (exact) mass is 284 g/mol. The van der Waals surface area contributed by atoms with Crippen LogP contribution in [0.4, 0.5) is 11.5 Å².